The quantitative estimate of drug-likeness (QED) is 0.176. The lowest BCUT2D eigenvalue weighted by atomic mass is 9.56. The van der Waals surface area contributed by atoms with Gasteiger partial charge in [0.25, 0.3) is 23.6 Å². The Bertz CT molecular complexity index is 1230. The van der Waals surface area contributed by atoms with E-state index in [1.165, 1.54) is 26.4 Å². The third-order valence-electron chi connectivity index (χ3n) is 7.81. The topological polar surface area (TPSA) is 134 Å². The molecule has 0 aromatic heterocycles. The van der Waals surface area contributed by atoms with Gasteiger partial charge < -0.3 is 14.6 Å². The van der Waals surface area contributed by atoms with Crippen LogP contribution in [0.25, 0.3) is 0 Å². The van der Waals surface area contributed by atoms with Gasteiger partial charge in [0.05, 0.1) is 31.5 Å². The van der Waals surface area contributed by atoms with Crippen LogP contribution in [0.2, 0.25) is 0 Å². The first-order chi connectivity index (χ1) is 17.0. The van der Waals surface area contributed by atoms with E-state index in [1.807, 2.05) is 0 Å². The van der Waals surface area contributed by atoms with E-state index < -0.39 is 57.0 Å². The summed E-state index contributed by atoms with van der Waals surface area (Å²) < 4.78 is 11.1. The minimum Gasteiger partial charge on any atom is -0.508 e. The largest absolute Gasteiger partial charge is 0.508 e. The lowest BCUT2D eigenvalue weighted by Gasteiger charge is -2.51. The summed E-state index contributed by atoms with van der Waals surface area (Å²) in [6.45, 7) is 0. The lowest BCUT2D eigenvalue weighted by molar-refractivity contribution is -0.173. The van der Waals surface area contributed by atoms with Gasteiger partial charge in [-0.25, -0.2) is 0 Å². The Morgan fingerprint density at radius 1 is 1.06 bits per heavy atom. The van der Waals surface area contributed by atoms with Gasteiger partial charge in [0.1, 0.15) is 17.2 Å². The number of nitrogens with zero attached hydrogens (tertiary/aromatic N) is 2. The van der Waals surface area contributed by atoms with Crippen LogP contribution in [0, 0.1) is 17.8 Å². The molecule has 2 heterocycles. The average Bonchev–Trinajstić information content (AvgIpc) is 3.16. The number of ether oxygens (including phenoxy) is 2. The summed E-state index contributed by atoms with van der Waals surface area (Å²) in [7, 11) is 2.71. The Kier molecular flexibility index (Phi) is 5.86. The molecule has 0 radical (unpaired) electrons. The second-order valence-electron chi connectivity index (χ2n) is 9.24. The Hall–Kier alpha value is -2.34. The van der Waals surface area contributed by atoms with E-state index in [0.717, 1.165) is 4.90 Å². The molecule has 6 atom stereocenters. The van der Waals surface area contributed by atoms with E-state index >= 15 is 0 Å². The molecule has 1 saturated carbocycles. The minimum absolute atomic E-state index is 0.101. The second kappa shape index (κ2) is 8.34. The zero-order valence-corrected chi connectivity index (χ0v) is 22.1. The zero-order valence-electron chi connectivity index (χ0n) is 19.0. The van der Waals surface area contributed by atoms with Crippen LogP contribution < -0.4 is 9.47 Å². The fraction of sp³-hybridized carbons (Fsp3) is 0.478. The normalized spacial score (nSPS) is 35.4. The molecule has 4 aliphatic rings. The number of amides is 4. The van der Waals surface area contributed by atoms with Crippen molar-refractivity contribution in [3.63, 3.8) is 0 Å². The predicted molar refractivity (Wildman–Crippen MR) is 128 cm³/mol. The lowest BCUT2D eigenvalue weighted by Crippen LogP contribution is -2.60. The van der Waals surface area contributed by atoms with E-state index in [2.05, 4.69) is 15.9 Å². The number of hydrogen-bond acceptors (Lipinski definition) is 8. The number of imide groups is 2. The summed E-state index contributed by atoms with van der Waals surface area (Å²) in [6.07, 6.45) is 1.59. The van der Waals surface area contributed by atoms with Crippen molar-refractivity contribution < 1.29 is 39.0 Å². The predicted octanol–water partition coefficient (Wildman–Crippen LogP) is 2.51. The van der Waals surface area contributed by atoms with Gasteiger partial charge in [-0.15, -0.1) is 23.2 Å². The number of alkyl halides is 3. The number of hydrogen-bond donors (Lipinski definition) is 2. The van der Waals surface area contributed by atoms with Gasteiger partial charge in [0.2, 0.25) is 0 Å². The molecule has 0 spiro atoms. The maximum atomic E-state index is 13.8. The Labute approximate surface area is 223 Å². The number of allylic oxidation sites excluding steroid dienone is 2. The smallest absolute Gasteiger partial charge is 0.257 e. The summed E-state index contributed by atoms with van der Waals surface area (Å²) in [5, 5.41) is 20.4. The standard InChI is InChI=1S/C23H21BrCl2N2O8/c1-35-13-5-9(29)6-14(36-2)16(13)17-10-3-4-11-15(19(31)28(34)18(11)30)12(10)7-22(25)20(32)27(8-24)21(33)23(17,22)26/h3,5-6,11-12,15,17,29,34H,4,7-8H2,1-2H3. The average molecular weight is 604 g/mol. The number of fused-ring (bicyclic) bond motifs is 4. The van der Waals surface area contributed by atoms with E-state index in [1.54, 1.807) is 6.08 Å². The van der Waals surface area contributed by atoms with Gasteiger partial charge >= 0.3 is 0 Å². The van der Waals surface area contributed by atoms with Crippen molar-refractivity contribution in [2.75, 3.05) is 19.7 Å². The molecule has 2 saturated heterocycles. The number of benzene rings is 1. The van der Waals surface area contributed by atoms with Gasteiger partial charge in [-0.2, -0.15) is 5.06 Å². The molecule has 192 valence electrons. The van der Waals surface area contributed by atoms with Gasteiger partial charge in [0, 0.05) is 23.6 Å². The summed E-state index contributed by atoms with van der Waals surface area (Å²) in [4.78, 5) is 49.7. The van der Waals surface area contributed by atoms with Gasteiger partial charge in [-0.1, -0.05) is 27.6 Å². The highest BCUT2D eigenvalue weighted by molar-refractivity contribution is 9.09. The van der Waals surface area contributed by atoms with Crippen LogP contribution in [0.1, 0.15) is 24.3 Å². The van der Waals surface area contributed by atoms with Crippen LogP contribution in [0.5, 0.6) is 17.2 Å². The fourth-order valence-corrected chi connectivity index (χ4v) is 7.67. The monoisotopic (exact) mass is 602 g/mol. The highest BCUT2D eigenvalue weighted by Gasteiger charge is 2.76. The number of carbonyl (C=O) groups is 4. The van der Waals surface area contributed by atoms with E-state index in [-0.39, 0.29) is 46.2 Å². The summed E-state index contributed by atoms with van der Waals surface area (Å²) in [6, 6.07) is 2.63. The molecule has 6 unspecified atom stereocenters. The summed E-state index contributed by atoms with van der Waals surface area (Å²) in [5.74, 6) is -6.77. The molecule has 36 heavy (non-hydrogen) atoms. The Morgan fingerprint density at radius 3 is 2.22 bits per heavy atom. The van der Waals surface area contributed by atoms with Crippen molar-refractivity contribution >= 4 is 62.8 Å². The van der Waals surface area contributed by atoms with Crippen molar-refractivity contribution in [2.24, 2.45) is 17.8 Å². The second-order valence-corrected chi connectivity index (χ2v) is 11.0. The van der Waals surface area contributed by atoms with Crippen LogP contribution >= 0.6 is 39.1 Å². The third kappa shape index (κ3) is 2.94. The molecule has 1 aromatic carbocycles. The molecule has 2 aliphatic heterocycles. The Morgan fingerprint density at radius 2 is 1.67 bits per heavy atom. The maximum absolute atomic E-state index is 13.8. The van der Waals surface area contributed by atoms with Crippen LogP contribution in [0.15, 0.2) is 23.8 Å². The first-order valence-electron chi connectivity index (χ1n) is 11.0. The number of likely N-dealkylation sites (tertiary alicyclic amines) is 1. The number of phenolic OH excluding ortho intramolecular Hbond substituents is 1. The number of phenols is 1. The molecular formula is C23H21BrCl2N2O8. The van der Waals surface area contributed by atoms with Crippen LogP contribution in [0.3, 0.4) is 0 Å². The van der Waals surface area contributed by atoms with Gasteiger partial charge in [-0.05, 0) is 18.8 Å². The van der Waals surface area contributed by atoms with Crippen molar-refractivity contribution in [3.8, 4) is 17.2 Å². The molecule has 3 fully saturated rings. The Balaban J connectivity index is 1.83. The van der Waals surface area contributed by atoms with E-state index in [4.69, 9.17) is 32.7 Å². The SMILES string of the molecule is COc1cc(O)cc(OC)c1C1C2=CCC3C(=O)N(O)C(=O)C3C2CC2(Cl)C(=O)N(CBr)C(=O)C12Cl. The van der Waals surface area contributed by atoms with Crippen molar-refractivity contribution in [2.45, 2.75) is 28.5 Å². The number of aromatic hydroxyl groups is 1. The van der Waals surface area contributed by atoms with Crippen molar-refractivity contribution in [1.29, 1.82) is 0 Å². The molecule has 13 heteroatoms. The van der Waals surface area contributed by atoms with Crippen LogP contribution in [-0.2, 0) is 19.2 Å². The number of rotatable bonds is 4. The van der Waals surface area contributed by atoms with Gasteiger partial charge in [-0.3, -0.25) is 29.3 Å². The molecular weight excluding hydrogens is 583 g/mol. The first kappa shape index (κ1) is 25.3. The van der Waals surface area contributed by atoms with E-state index in [0.29, 0.717) is 5.57 Å². The summed E-state index contributed by atoms with van der Waals surface area (Å²) in [5.41, 5.74) is 0.586. The maximum Gasteiger partial charge on any atom is 0.257 e. The van der Waals surface area contributed by atoms with Crippen LogP contribution in [0.4, 0.5) is 0 Å². The highest BCUT2D eigenvalue weighted by atomic mass is 79.9. The van der Waals surface area contributed by atoms with Gasteiger partial charge in [0.15, 0.2) is 9.75 Å². The number of hydroxylamine groups is 2. The highest BCUT2D eigenvalue weighted by Crippen LogP contribution is 2.67. The van der Waals surface area contributed by atoms with Crippen molar-refractivity contribution in [1.82, 2.24) is 9.96 Å². The molecule has 5 rings (SSSR count). The fourth-order valence-electron chi connectivity index (χ4n) is 6.26. The molecule has 0 bridgehead atoms. The number of halogens is 3. The molecule has 4 amide bonds. The van der Waals surface area contributed by atoms with Crippen LogP contribution in [-0.4, -0.2) is 73.3 Å². The number of carbonyl (C=O) groups excluding carboxylic acids is 4. The zero-order chi connectivity index (χ0) is 26.3. The first-order valence-corrected chi connectivity index (χ1v) is 12.9. The third-order valence-corrected chi connectivity index (χ3v) is 9.72. The van der Waals surface area contributed by atoms with E-state index in [9.17, 15) is 29.5 Å². The van der Waals surface area contributed by atoms with Crippen molar-refractivity contribution in [3.05, 3.63) is 29.3 Å². The minimum atomic E-state index is -2.06. The molecule has 2 aliphatic carbocycles. The molecule has 10 nitrogen and oxygen atoms in total. The molecule has 1 aromatic rings. The molecule has 2 N–H and O–H groups in total. The number of methoxy groups -OCH3 is 2. The summed E-state index contributed by atoms with van der Waals surface area (Å²) >= 11 is 17.4.